The highest BCUT2D eigenvalue weighted by molar-refractivity contribution is 5.65. The summed E-state index contributed by atoms with van der Waals surface area (Å²) in [6.45, 7) is 5.23. The zero-order valence-corrected chi connectivity index (χ0v) is 13.7. The molecule has 3 aromatic rings. The lowest BCUT2D eigenvalue weighted by Crippen LogP contribution is -2.10. The lowest BCUT2D eigenvalue weighted by atomic mass is 10.1. The predicted molar refractivity (Wildman–Crippen MR) is 93.1 cm³/mol. The second kappa shape index (κ2) is 7.11. The Labute approximate surface area is 148 Å². The van der Waals surface area contributed by atoms with Crippen LogP contribution in [0.5, 0.6) is 0 Å². The number of H-pyrrole nitrogens is 1. The largest absolute Gasteiger partial charge is 0.417 e. The van der Waals surface area contributed by atoms with Crippen LogP contribution in [0, 0.1) is 20.8 Å². The summed E-state index contributed by atoms with van der Waals surface area (Å²) in [7, 11) is 0. The summed E-state index contributed by atoms with van der Waals surface area (Å²) < 4.78 is 39.8. The molecule has 2 heterocycles. The third-order valence-corrected chi connectivity index (χ3v) is 3.69. The Hall–Kier alpha value is -2.97. The summed E-state index contributed by atoms with van der Waals surface area (Å²) in [6.07, 6.45) is -4.49. The van der Waals surface area contributed by atoms with Crippen LogP contribution in [-0.4, -0.2) is 25.1 Å². The smallest absolute Gasteiger partial charge is 0.307 e. The van der Waals surface area contributed by atoms with Crippen LogP contribution < -0.4 is 5.32 Å². The van der Waals surface area contributed by atoms with Crippen LogP contribution in [0.3, 0.4) is 0 Å². The molecule has 0 fully saturated rings. The monoisotopic (exact) mass is 364 g/mol. The molecule has 6 nitrogen and oxygen atoms in total. The zero-order chi connectivity index (χ0) is 18.2. The number of rotatable bonds is 3. The van der Waals surface area contributed by atoms with Crippen molar-refractivity contribution in [2.45, 2.75) is 34.4 Å². The number of aryl methyl sites for hydroxylation is 2. The molecule has 0 unspecified atom stereocenters. The number of alkyl halides is 3. The van der Waals surface area contributed by atoms with Crippen molar-refractivity contribution in [2.75, 3.05) is 5.32 Å². The quantitative estimate of drug-likeness (QED) is 0.711. The number of hydrogen-bond acceptors (Lipinski definition) is 5. The van der Waals surface area contributed by atoms with Gasteiger partial charge in [-0.25, -0.2) is 9.97 Å². The van der Waals surface area contributed by atoms with Crippen molar-refractivity contribution in [2.24, 2.45) is 0 Å². The Morgan fingerprint density at radius 2 is 1.69 bits per heavy atom. The van der Waals surface area contributed by atoms with Crippen molar-refractivity contribution in [1.29, 1.82) is 0 Å². The fraction of sp³-hybridized carbons (Fsp3) is 0.294. The zero-order valence-electron chi connectivity index (χ0n) is 13.7. The standard InChI is InChI=1S/C16H15F3N6.CH4/c1-8-9(2)20-14(11-6-4-5-7-12(11)16(17,18)19)22-13(8)23-15-21-10(3)24-25-15;/h4-7H,1-3H3,(H2,20,21,22,23,24,25);1H4. The van der Waals surface area contributed by atoms with E-state index in [0.717, 1.165) is 6.07 Å². The number of halogens is 3. The van der Waals surface area contributed by atoms with E-state index in [0.29, 0.717) is 22.9 Å². The van der Waals surface area contributed by atoms with Gasteiger partial charge in [0, 0.05) is 16.8 Å². The number of nitrogens with zero attached hydrogens (tertiary/aromatic N) is 4. The summed E-state index contributed by atoms with van der Waals surface area (Å²) in [5.41, 5.74) is 0.415. The van der Waals surface area contributed by atoms with Crippen LogP contribution in [-0.2, 0) is 6.18 Å². The van der Waals surface area contributed by atoms with E-state index in [2.05, 4.69) is 30.5 Å². The first-order valence-electron chi connectivity index (χ1n) is 7.43. The van der Waals surface area contributed by atoms with E-state index in [-0.39, 0.29) is 24.8 Å². The number of hydrogen-bond donors (Lipinski definition) is 2. The van der Waals surface area contributed by atoms with Gasteiger partial charge in [-0.05, 0) is 26.8 Å². The van der Waals surface area contributed by atoms with Crippen molar-refractivity contribution in [3.05, 3.63) is 46.9 Å². The van der Waals surface area contributed by atoms with Crippen molar-refractivity contribution < 1.29 is 13.2 Å². The number of aromatic nitrogens is 5. The van der Waals surface area contributed by atoms with Crippen LogP contribution >= 0.6 is 0 Å². The number of anilines is 2. The highest BCUT2D eigenvalue weighted by Crippen LogP contribution is 2.36. The average molecular weight is 364 g/mol. The number of benzene rings is 1. The maximum atomic E-state index is 13.3. The summed E-state index contributed by atoms with van der Waals surface area (Å²) in [6, 6.07) is 5.23. The van der Waals surface area contributed by atoms with E-state index in [1.807, 2.05) is 0 Å². The first-order chi connectivity index (χ1) is 11.8. The third kappa shape index (κ3) is 3.81. The summed E-state index contributed by atoms with van der Waals surface area (Å²) in [5.74, 6) is 1.24. The van der Waals surface area contributed by atoms with Gasteiger partial charge in [-0.1, -0.05) is 25.6 Å². The molecular formula is C17H19F3N6. The van der Waals surface area contributed by atoms with E-state index in [4.69, 9.17) is 0 Å². The maximum absolute atomic E-state index is 13.3. The Morgan fingerprint density at radius 3 is 2.31 bits per heavy atom. The van der Waals surface area contributed by atoms with Crippen LogP contribution in [0.4, 0.5) is 24.9 Å². The van der Waals surface area contributed by atoms with E-state index in [1.54, 1.807) is 20.8 Å². The van der Waals surface area contributed by atoms with Gasteiger partial charge in [-0.2, -0.15) is 18.2 Å². The Kier molecular flexibility index (Phi) is 5.29. The van der Waals surface area contributed by atoms with Crippen molar-refractivity contribution >= 4 is 11.8 Å². The molecule has 0 aliphatic carbocycles. The van der Waals surface area contributed by atoms with E-state index < -0.39 is 11.7 Å². The van der Waals surface area contributed by atoms with Crippen LogP contribution in [0.2, 0.25) is 0 Å². The van der Waals surface area contributed by atoms with Crippen molar-refractivity contribution in [3.8, 4) is 11.4 Å². The molecule has 0 saturated carbocycles. The molecule has 1 aromatic carbocycles. The summed E-state index contributed by atoms with van der Waals surface area (Å²) in [5, 5.41) is 9.55. The Balaban J connectivity index is 0.00000243. The molecule has 0 atom stereocenters. The second-order valence-corrected chi connectivity index (χ2v) is 5.52. The third-order valence-electron chi connectivity index (χ3n) is 3.69. The highest BCUT2D eigenvalue weighted by Gasteiger charge is 2.34. The first kappa shape index (κ1) is 19.4. The topological polar surface area (TPSA) is 79.4 Å². The molecule has 9 heteroatoms. The average Bonchev–Trinajstić information content (AvgIpc) is 2.96. The first-order valence-corrected chi connectivity index (χ1v) is 7.43. The van der Waals surface area contributed by atoms with E-state index >= 15 is 0 Å². The van der Waals surface area contributed by atoms with Gasteiger partial charge in [0.05, 0.1) is 5.56 Å². The molecule has 3 rings (SSSR count). The Morgan fingerprint density at radius 1 is 1.00 bits per heavy atom. The van der Waals surface area contributed by atoms with Crippen molar-refractivity contribution in [1.82, 2.24) is 25.1 Å². The summed E-state index contributed by atoms with van der Waals surface area (Å²) >= 11 is 0. The lowest BCUT2D eigenvalue weighted by Gasteiger charge is -2.14. The molecule has 0 aliphatic heterocycles. The molecule has 0 amide bonds. The van der Waals surface area contributed by atoms with Gasteiger partial charge in [-0.15, -0.1) is 5.10 Å². The fourth-order valence-electron chi connectivity index (χ4n) is 2.30. The second-order valence-electron chi connectivity index (χ2n) is 5.52. The molecule has 0 aliphatic rings. The lowest BCUT2D eigenvalue weighted by molar-refractivity contribution is -0.137. The van der Waals surface area contributed by atoms with Gasteiger partial charge in [0.15, 0.2) is 5.82 Å². The fourth-order valence-corrected chi connectivity index (χ4v) is 2.30. The van der Waals surface area contributed by atoms with Gasteiger partial charge < -0.3 is 5.32 Å². The summed E-state index contributed by atoms with van der Waals surface area (Å²) in [4.78, 5) is 12.6. The van der Waals surface area contributed by atoms with Gasteiger partial charge >= 0.3 is 6.18 Å². The number of nitrogens with one attached hydrogen (secondary N) is 2. The van der Waals surface area contributed by atoms with Crippen LogP contribution in [0.15, 0.2) is 24.3 Å². The van der Waals surface area contributed by atoms with Gasteiger partial charge in [0.2, 0.25) is 5.95 Å². The Bertz CT molecular complexity index is 917. The molecule has 26 heavy (non-hydrogen) atoms. The van der Waals surface area contributed by atoms with E-state index in [1.165, 1.54) is 18.2 Å². The predicted octanol–water partition coefficient (Wildman–Crippen LogP) is 4.59. The van der Waals surface area contributed by atoms with Crippen LogP contribution in [0.1, 0.15) is 30.1 Å². The van der Waals surface area contributed by atoms with Crippen LogP contribution in [0.25, 0.3) is 11.4 Å². The molecule has 0 spiro atoms. The minimum atomic E-state index is -4.49. The van der Waals surface area contributed by atoms with E-state index in [9.17, 15) is 13.2 Å². The highest BCUT2D eigenvalue weighted by atomic mass is 19.4. The minimum Gasteiger partial charge on any atom is -0.307 e. The molecule has 2 N–H and O–H groups in total. The molecule has 0 bridgehead atoms. The van der Waals surface area contributed by atoms with Gasteiger partial charge in [0.25, 0.3) is 0 Å². The van der Waals surface area contributed by atoms with Crippen molar-refractivity contribution in [3.63, 3.8) is 0 Å². The number of aromatic amines is 1. The molecule has 138 valence electrons. The normalized spacial score (nSPS) is 11.2. The van der Waals surface area contributed by atoms with Gasteiger partial charge in [-0.3, -0.25) is 5.10 Å². The van der Waals surface area contributed by atoms with Gasteiger partial charge in [0.1, 0.15) is 11.6 Å². The molecule has 2 aromatic heterocycles. The maximum Gasteiger partial charge on any atom is 0.417 e. The molecular weight excluding hydrogens is 345 g/mol. The SMILES string of the molecule is C.Cc1nc(Nc2nc(-c3ccccc3C(F)(F)F)nc(C)c2C)n[nH]1. The molecule has 0 radical (unpaired) electrons. The molecule has 0 saturated heterocycles. The minimum absolute atomic E-state index is 0.